The average Bonchev–Trinajstić information content (AvgIpc) is 3.53. The summed E-state index contributed by atoms with van der Waals surface area (Å²) in [5, 5.41) is 11.8. The molecule has 0 aliphatic heterocycles. The monoisotopic (exact) mass is 571 g/mol. The van der Waals surface area contributed by atoms with Crippen molar-refractivity contribution in [3.63, 3.8) is 0 Å². The third kappa shape index (κ3) is 4.27. The van der Waals surface area contributed by atoms with E-state index in [-0.39, 0.29) is 0 Å². The molecule has 0 aliphatic rings. The average molecular weight is 572 g/mol. The molecule has 0 radical (unpaired) electrons. The van der Waals surface area contributed by atoms with Crippen LogP contribution in [0.4, 0.5) is 0 Å². The first-order valence-corrected chi connectivity index (χ1v) is 16.0. The summed E-state index contributed by atoms with van der Waals surface area (Å²) in [5.74, 6) is 0.695. The normalized spacial score (nSPS) is 11.8. The van der Waals surface area contributed by atoms with Crippen LogP contribution in [0.25, 0.3) is 49.7 Å². The van der Waals surface area contributed by atoms with Crippen molar-refractivity contribution in [1.29, 1.82) is 0 Å². The van der Waals surface area contributed by atoms with E-state index in [0.29, 0.717) is 5.82 Å². The van der Waals surface area contributed by atoms with Gasteiger partial charge >= 0.3 is 0 Å². The van der Waals surface area contributed by atoms with Gasteiger partial charge in [-0.3, -0.25) is 0 Å². The van der Waals surface area contributed by atoms with Crippen molar-refractivity contribution in [2.45, 2.75) is 0 Å². The van der Waals surface area contributed by atoms with E-state index in [4.69, 9.17) is 10.1 Å². The Kier molecular flexibility index (Phi) is 6.03. The topological polar surface area (TPSA) is 47.3 Å². The number of nitrogens with zero attached hydrogens (tertiary/aromatic N) is 3. The highest BCUT2D eigenvalue weighted by atomic mass is 31.2. The highest BCUT2D eigenvalue weighted by molar-refractivity contribution is 7.85. The van der Waals surface area contributed by atoms with E-state index in [2.05, 4.69) is 66.7 Å². The summed E-state index contributed by atoms with van der Waals surface area (Å²) in [4.78, 5) is 4.98. The van der Waals surface area contributed by atoms with Crippen LogP contribution in [-0.4, -0.2) is 14.6 Å². The molecule has 8 rings (SSSR count). The van der Waals surface area contributed by atoms with Crippen LogP contribution in [0.5, 0.6) is 0 Å². The summed E-state index contributed by atoms with van der Waals surface area (Å²) >= 11 is 0. The highest BCUT2D eigenvalue weighted by Gasteiger charge is 2.29. The maximum absolute atomic E-state index is 14.8. The molecule has 0 fully saturated rings. The molecule has 204 valence electrons. The van der Waals surface area contributed by atoms with Crippen molar-refractivity contribution in [3.05, 3.63) is 158 Å². The van der Waals surface area contributed by atoms with E-state index in [1.54, 1.807) is 0 Å². The van der Waals surface area contributed by atoms with E-state index in [1.807, 2.05) is 95.6 Å². The molecule has 0 bridgehead atoms. The molecule has 4 nitrogen and oxygen atoms in total. The van der Waals surface area contributed by atoms with Crippen molar-refractivity contribution < 1.29 is 4.57 Å². The van der Waals surface area contributed by atoms with Gasteiger partial charge in [-0.1, -0.05) is 140 Å². The standard InChI is InChI=1S/C38H26N3OP/c42-43(31-12-3-1-4-13-31,32-14-5-2-6-15-32)33-22-20-27(21-23-33)30-19-18-28-11-9-17-35(36(28)26-30)37-39-38-34-16-8-7-10-29(34)24-25-41(38)40-37/h1-26H. The number of benzene rings is 6. The van der Waals surface area contributed by atoms with Crippen LogP contribution >= 0.6 is 7.14 Å². The van der Waals surface area contributed by atoms with Gasteiger partial charge in [0, 0.05) is 33.1 Å². The summed E-state index contributed by atoms with van der Waals surface area (Å²) in [6.07, 6.45) is 1.97. The second-order valence-electron chi connectivity index (χ2n) is 10.7. The SMILES string of the molecule is O=P(c1ccccc1)(c1ccccc1)c1ccc(-c2ccc3cccc(-c4nc5c6ccccc6ccn5n4)c3c2)cc1. The first-order valence-electron chi connectivity index (χ1n) is 14.3. The van der Waals surface area contributed by atoms with Crippen molar-refractivity contribution in [2.24, 2.45) is 0 Å². The summed E-state index contributed by atoms with van der Waals surface area (Å²) in [7, 11) is -3.03. The molecule has 2 aromatic heterocycles. The van der Waals surface area contributed by atoms with Crippen molar-refractivity contribution in [2.75, 3.05) is 0 Å². The minimum atomic E-state index is -3.03. The lowest BCUT2D eigenvalue weighted by molar-refractivity contribution is 0.592. The number of hydrogen-bond donors (Lipinski definition) is 0. The minimum Gasteiger partial charge on any atom is -0.309 e. The molecule has 0 saturated carbocycles. The number of fused-ring (bicyclic) bond motifs is 4. The zero-order valence-electron chi connectivity index (χ0n) is 23.2. The minimum absolute atomic E-state index is 0.695. The van der Waals surface area contributed by atoms with Crippen LogP contribution in [0, 0.1) is 0 Å². The van der Waals surface area contributed by atoms with Crippen molar-refractivity contribution >= 4 is 50.2 Å². The van der Waals surface area contributed by atoms with Gasteiger partial charge in [-0.15, -0.1) is 5.10 Å². The van der Waals surface area contributed by atoms with Crippen LogP contribution < -0.4 is 15.9 Å². The highest BCUT2D eigenvalue weighted by Crippen LogP contribution is 2.42. The molecule has 0 aliphatic carbocycles. The first kappa shape index (κ1) is 25.4. The second kappa shape index (κ2) is 10.2. The Balaban J connectivity index is 1.22. The van der Waals surface area contributed by atoms with Gasteiger partial charge in [0.05, 0.1) is 0 Å². The fourth-order valence-corrected chi connectivity index (χ4v) is 8.60. The predicted octanol–water partition coefficient (Wildman–Crippen LogP) is 8.01. The number of hydrogen-bond acceptors (Lipinski definition) is 3. The Morgan fingerprint density at radius 2 is 1.12 bits per heavy atom. The van der Waals surface area contributed by atoms with E-state index in [0.717, 1.165) is 59.8 Å². The zero-order valence-corrected chi connectivity index (χ0v) is 24.1. The smallest absolute Gasteiger partial charge is 0.182 e. The van der Waals surface area contributed by atoms with Crippen molar-refractivity contribution in [3.8, 4) is 22.5 Å². The molecule has 8 aromatic rings. The predicted molar refractivity (Wildman–Crippen MR) is 178 cm³/mol. The zero-order chi connectivity index (χ0) is 28.8. The molecular weight excluding hydrogens is 545 g/mol. The molecule has 0 unspecified atom stereocenters. The van der Waals surface area contributed by atoms with Gasteiger partial charge in [0.2, 0.25) is 0 Å². The van der Waals surface area contributed by atoms with Gasteiger partial charge in [-0.25, -0.2) is 9.50 Å². The Morgan fingerprint density at radius 3 is 1.86 bits per heavy atom. The van der Waals surface area contributed by atoms with Crippen LogP contribution in [-0.2, 0) is 4.57 Å². The van der Waals surface area contributed by atoms with Gasteiger partial charge in [-0.2, -0.15) is 0 Å². The van der Waals surface area contributed by atoms with Gasteiger partial charge in [0.15, 0.2) is 18.6 Å². The third-order valence-electron chi connectivity index (χ3n) is 8.16. The molecule has 0 spiro atoms. The van der Waals surface area contributed by atoms with Crippen LogP contribution in [0.2, 0.25) is 0 Å². The molecule has 43 heavy (non-hydrogen) atoms. The molecule has 2 heterocycles. The largest absolute Gasteiger partial charge is 0.309 e. The fraction of sp³-hybridized carbons (Fsp3) is 0. The lowest BCUT2D eigenvalue weighted by Gasteiger charge is -2.20. The first-order chi connectivity index (χ1) is 21.2. The molecule has 5 heteroatoms. The quantitative estimate of drug-likeness (QED) is 0.197. The van der Waals surface area contributed by atoms with Crippen LogP contribution in [0.1, 0.15) is 0 Å². The van der Waals surface area contributed by atoms with E-state index < -0.39 is 7.14 Å². The molecule has 0 saturated heterocycles. The maximum Gasteiger partial charge on any atom is 0.182 e. The third-order valence-corrected chi connectivity index (χ3v) is 11.2. The lowest BCUT2D eigenvalue weighted by atomic mass is 9.98. The van der Waals surface area contributed by atoms with Gasteiger partial charge in [-0.05, 0) is 39.4 Å². The van der Waals surface area contributed by atoms with Gasteiger partial charge in [0.1, 0.15) is 0 Å². The molecular formula is C38H26N3OP. The molecule has 0 N–H and O–H groups in total. The summed E-state index contributed by atoms with van der Waals surface area (Å²) in [6, 6.07) is 50.8. The number of pyridine rings is 1. The second-order valence-corrected chi connectivity index (χ2v) is 13.4. The Labute approximate surface area is 249 Å². The number of rotatable bonds is 5. The maximum atomic E-state index is 14.8. The Bertz CT molecular complexity index is 2270. The van der Waals surface area contributed by atoms with Crippen LogP contribution in [0.15, 0.2) is 158 Å². The molecule has 6 aromatic carbocycles. The summed E-state index contributed by atoms with van der Waals surface area (Å²) < 4.78 is 16.6. The summed E-state index contributed by atoms with van der Waals surface area (Å²) in [6.45, 7) is 0. The van der Waals surface area contributed by atoms with E-state index in [9.17, 15) is 4.57 Å². The van der Waals surface area contributed by atoms with E-state index in [1.165, 1.54) is 0 Å². The van der Waals surface area contributed by atoms with Gasteiger partial charge < -0.3 is 4.57 Å². The lowest BCUT2D eigenvalue weighted by Crippen LogP contribution is -2.24. The Morgan fingerprint density at radius 1 is 0.512 bits per heavy atom. The van der Waals surface area contributed by atoms with E-state index >= 15 is 0 Å². The van der Waals surface area contributed by atoms with Gasteiger partial charge in [0.25, 0.3) is 0 Å². The van der Waals surface area contributed by atoms with Crippen molar-refractivity contribution in [1.82, 2.24) is 14.6 Å². The molecule has 0 amide bonds. The Hall–Kier alpha value is -5.31. The molecule has 0 atom stereocenters. The van der Waals surface area contributed by atoms with Crippen LogP contribution in [0.3, 0.4) is 0 Å². The number of aromatic nitrogens is 3. The summed E-state index contributed by atoms with van der Waals surface area (Å²) in [5.41, 5.74) is 3.97. The fourth-order valence-electron chi connectivity index (χ4n) is 5.96.